The van der Waals surface area contributed by atoms with Crippen LogP contribution in [0.15, 0.2) is 279 Å². The molecule has 78 heavy (non-hydrogen) atoms. The molecule has 0 saturated heterocycles. The predicted octanol–water partition coefficient (Wildman–Crippen LogP) is 16.7. The second-order valence-electron chi connectivity index (χ2n) is 20.8. The summed E-state index contributed by atoms with van der Waals surface area (Å²) in [5.41, 5.74) is 23.5. The molecule has 6 heteroatoms. The van der Waals surface area contributed by atoms with E-state index in [0.717, 1.165) is 50.8 Å². The van der Waals surface area contributed by atoms with Crippen LogP contribution in [-0.2, 0) is 0 Å². The first kappa shape index (κ1) is 43.0. The highest BCUT2D eigenvalue weighted by atomic mass is 15.2. The number of nitrogens with zero attached hydrogens (tertiary/aromatic N) is 5. The van der Waals surface area contributed by atoms with E-state index in [2.05, 4.69) is 303 Å². The van der Waals surface area contributed by atoms with Crippen molar-refractivity contribution in [1.29, 1.82) is 0 Å². The third-order valence-electron chi connectivity index (χ3n) is 16.8. The van der Waals surface area contributed by atoms with Crippen molar-refractivity contribution < 1.29 is 0 Å². The Bertz CT molecular complexity index is 4810. The molecule has 2 aliphatic heterocycles. The zero-order chi connectivity index (χ0) is 51.0. The molecule has 17 rings (SSSR count). The number of fused-ring (bicyclic) bond motifs is 13. The second kappa shape index (κ2) is 16.6. The molecule has 0 radical (unpaired) electrons. The minimum Gasteiger partial charge on any atom is -0.311 e. The molecule has 362 valence electrons. The third-order valence-corrected chi connectivity index (χ3v) is 16.8. The summed E-state index contributed by atoms with van der Waals surface area (Å²) in [6.45, 7) is -0.0485. The first-order chi connectivity index (χ1) is 38.7. The van der Waals surface area contributed by atoms with E-state index in [9.17, 15) is 0 Å². The van der Waals surface area contributed by atoms with Crippen LogP contribution in [0.25, 0.3) is 93.6 Å². The number of benzene rings is 12. The van der Waals surface area contributed by atoms with E-state index >= 15 is 0 Å². The number of hydrogen-bond acceptors (Lipinski definition) is 2. The lowest BCUT2D eigenvalue weighted by Crippen LogP contribution is -2.61. The number of para-hydroxylation sites is 7. The van der Waals surface area contributed by atoms with Crippen LogP contribution in [0.4, 0.5) is 34.1 Å². The maximum atomic E-state index is 2.55. The van der Waals surface area contributed by atoms with Gasteiger partial charge in [-0.15, -0.1) is 0 Å². The van der Waals surface area contributed by atoms with Crippen molar-refractivity contribution in [2.24, 2.45) is 0 Å². The van der Waals surface area contributed by atoms with Gasteiger partial charge in [0.05, 0.1) is 38.8 Å². The molecule has 0 saturated carbocycles. The fourth-order valence-corrected chi connectivity index (χ4v) is 13.5. The Balaban J connectivity index is 0.993. The van der Waals surface area contributed by atoms with Gasteiger partial charge in [-0.05, 0) is 131 Å². The molecular formula is C72H46BN5. The first-order valence-corrected chi connectivity index (χ1v) is 27.0. The minimum atomic E-state index is -0.0485. The van der Waals surface area contributed by atoms with Gasteiger partial charge in [0.25, 0.3) is 6.71 Å². The average Bonchev–Trinajstić information content (AvgIpc) is 4.28. The van der Waals surface area contributed by atoms with E-state index in [-0.39, 0.29) is 6.71 Å². The average molecular weight is 992 g/mol. The van der Waals surface area contributed by atoms with Crippen LogP contribution in [0.5, 0.6) is 0 Å². The van der Waals surface area contributed by atoms with Crippen LogP contribution in [0.2, 0.25) is 0 Å². The van der Waals surface area contributed by atoms with Gasteiger partial charge in [-0.25, -0.2) is 0 Å². The number of aromatic nitrogens is 3. The topological polar surface area (TPSA) is 21.3 Å². The predicted molar refractivity (Wildman–Crippen MR) is 329 cm³/mol. The van der Waals surface area contributed by atoms with E-state index in [1.165, 1.54) is 93.3 Å². The van der Waals surface area contributed by atoms with Crippen LogP contribution < -0.4 is 26.2 Å². The summed E-state index contributed by atoms with van der Waals surface area (Å²) < 4.78 is 7.43. The van der Waals surface area contributed by atoms with Crippen molar-refractivity contribution in [1.82, 2.24) is 13.7 Å². The van der Waals surface area contributed by atoms with E-state index in [0.29, 0.717) is 0 Å². The van der Waals surface area contributed by atoms with Crippen molar-refractivity contribution in [2.75, 3.05) is 9.80 Å². The maximum absolute atomic E-state index is 2.55. The Morgan fingerprint density at radius 3 is 1.23 bits per heavy atom. The largest absolute Gasteiger partial charge is 0.311 e. The fraction of sp³-hybridized carbons (Fsp3) is 0. The van der Waals surface area contributed by atoms with E-state index < -0.39 is 0 Å². The summed E-state index contributed by atoms with van der Waals surface area (Å²) in [5, 5.41) is 7.35. The van der Waals surface area contributed by atoms with Gasteiger partial charge >= 0.3 is 0 Å². The van der Waals surface area contributed by atoms with Gasteiger partial charge in [0.15, 0.2) is 0 Å². The molecule has 0 spiro atoms. The van der Waals surface area contributed by atoms with Gasteiger partial charge in [-0.1, -0.05) is 176 Å². The molecule has 0 atom stereocenters. The molecule has 0 aliphatic carbocycles. The van der Waals surface area contributed by atoms with Gasteiger partial charge in [-0.2, -0.15) is 0 Å². The zero-order valence-electron chi connectivity index (χ0n) is 42.4. The molecule has 15 aromatic rings. The molecule has 0 amide bonds. The van der Waals surface area contributed by atoms with Gasteiger partial charge in [-0.3, -0.25) is 0 Å². The first-order valence-electron chi connectivity index (χ1n) is 27.0. The van der Waals surface area contributed by atoms with Crippen molar-refractivity contribution in [3.63, 3.8) is 0 Å². The van der Waals surface area contributed by atoms with Crippen molar-refractivity contribution in [2.45, 2.75) is 0 Å². The molecule has 5 heterocycles. The van der Waals surface area contributed by atoms with Crippen molar-refractivity contribution in [3.05, 3.63) is 279 Å². The van der Waals surface area contributed by atoms with Gasteiger partial charge in [0.2, 0.25) is 0 Å². The highest BCUT2D eigenvalue weighted by molar-refractivity contribution is 7.00. The molecule has 2 aliphatic rings. The van der Waals surface area contributed by atoms with Crippen LogP contribution in [0.3, 0.4) is 0 Å². The highest BCUT2D eigenvalue weighted by Gasteiger charge is 2.44. The minimum absolute atomic E-state index is 0.0485. The van der Waals surface area contributed by atoms with Gasteiger partial charge < -0.3 is 23.5 Å². The fourth-order valence-electron chi connectivity index (χ4n) is 13.5. The summed E-state index contributed by atoms with van der Waals surface area (Å²) in [5.74, 6) is 0. The summed E-state index contributed by atoms with van der Waals surface area (Å²) >= 11 is 0. The summed E-state index contributed by atoms with van der Waals surface area (Å²) in [6, 6.07) is 103. The lowest BCUT2D eigenvalue weighted by atomic mass is 9.33. The van der Waals surface area contributed by atoms with Crippen LogP contribution in [0, 0.1) is 0 Å². The zero-order valence-corrected chi connectivity index (χ0v) is 42.4. The molecule has 0 fully saturated rings. The lowest BCUT2D eigenvalue weighted by molar-refractivity contribution is 1.14. The summed E-state index contributed by atoms with van der Waals surface area (Å²) in [7, 11) is 0. The van der Waals surface area contributed by atoms with Crippen LogP contribution in [-0.4, -0.2) is 20.4 Å². The lowest BCUT2D eigenvalue weighted by Gasteiger charge is -2.44. The Labute approximate surface area is 451 Å². The molecule has 0 N–H and O–H groups in total. The molecule has 5 nitrogen and oxygen atoms in total. The highest BCUT2D eigenvalue weighted by Crippen LogP contribution is 2.47. The van der Waals surface area contributed by atoms with Gasteiger partial charge in [0, 0.05) is 77.8 Å². The molecule has 0 bridgehead atoms. The third kappa shape index (κ3) is 6.14. The molecule has 3 aromatic heterocycles. The molecule has 0 unspecified atom stereocenters. The SMILES string of the molecule is c1ccc(-c2ccc3c(c2)B2c4ccccc4N(c4ccccc4)c4cc(-n5c6ccc(-n7c8ccccc8c8ccccc87)cc6c6ccc(-n7c8ccccc8c8ccccc87)cc65)cc(c42)N3c2ccccc2)cc1. The second-order valence-corrected chi connectivity index (χ2v) is 20.8. The number of hydrogen-bond donors (Lipinski definition) is 0. The summed E-state index contributed by atoms with van der Waals surface area (Å²) in [6.07, 6.45) is 0. The normalized spacial score (nSPS) is 12.8. The van der Waals surface area contributed by atoms with E-state index in [4.69, 9.17) is 0 Å². The standard InChI is InChI=1S/C72H46BN5/c1-4-20-47(21-5-1)48-36-40-68-61(42-48)73-60-30-14-19-35-67(60)74(49-22-6-2-7-23-49)70-45-53(46-71(72(70)73)75(68)50-24-8-3-9-25-50)78-66-41-38-51(76-62-31-15-10-26-54(62)55-27-11-16-32-63(55)76)43-59(66)58-39-37-52(44-69(58)78)77-64-33-17-12-28-56(64)57-29-13-18-34-65(57)77/h1-46H. The Morgan fingerprint density at radius 1 is 0.218 bits per heavy atom. The molecule has 12 aromatic carbocycles. The van der Waals surface area contributed by atoms with Crippen molar-refractivity contribution >= 4 is 123 Å². The Morgan fingerprint density at radius 2 is 0.654 bits per heavy atom. The van der Waals surface area contributed by atoms with E-state index in [1.54, 1.807) is 0 Å². The maximum Gasteiger partial charge on any atom is 0.252 e. The Kier molecular flexibility index (Phi) is 9.15. The number of rotatable bonds is 6. The van der Waals surface area contributed by atoms with Gasteiger partial charge in [0.1, 0.15) is 0 Å². The van der Waals surface area contributed by atoms with E-state index in [1.807, 2.05) is 0 Å². The van der Waals surface area contributed by atoms with Crippen molar-refractivity contribution in [3.8, 4) is 28.2 Å². The van der Waals surface area contributed by atoms with Crippen LogP contribution >= 0.6 is 0 Å². The monoisotopic (exact) mass is 991 g/mol. The smallest absolute Gasteiger partial charge is 0.252 e. The summed E-state index contributed by atoms with van der Waals surface area (Å²) in [4.78, 5) is 5.04. The quantitative estimate of drug-likeness (QED) is 0.155. The Hall–Kier alpha value is -10.3. The molecular weight excluding hydrogens is 946 g/mol. The number of anilines is 6. The van der Waals surface area contributed by atoms with Crippen LogP contribution in [0.1, 0.15) is 0 Å².